The van der Waals surface area contributed by atoms with Crippen molar-refractivity contribution in [2.24, 2.45) is 0 Å². The summed E-state index contributed by atoms with van der Waals surface area (Å²) in [5.41, 5.74) is 0. The molecule has 0 spiro atoms. The van der Waals surface area contributed by atoms with Gasteiger partial charge < -0.3 is 19.4 Å². The molecule has 1 aromatic rings. The van der Waals surface area contributed by atoms with Crippen molar-refractivity contribution in [3.05, 3.63) is 11.7 Å². The fraction of sp³-hybridized carbons (Fsp3) is 0.667. The van der Waals surface area contributed by atoms with Crippen LogP contribution in [0.1, 0.15) is 51.7 Å². The Kier molecular flexibility index (Phi) is 7.34. The first-order valence-electron chi connectivity index (χ1n) is 7.84. The molecule has 1 aliphatic heterocycles. The van der Waals surface area contributed by atoms with E-state index >= 15 is 0 Å². The van der Waals surface area contributed by atoms with Crippen LogP contribution in [0.25, 0.3) is 0 Å². The zero-order chi connectivity index (χ0) is 18.3. The Morgan fingerprint density at radius 2 is 2.04 bits per heavy atom. The molecule has 24 heavy (non-hydrogen) atoms. The number of rotatable bonds is 5. The van der Waals surface area contributed by atoms with Gasteiger partial charge in [0, 0.05) is 12.5 Å². The van der Waals surface area contributed by atoms with Crippen molar-refractivity contribution in [1.82, 2.24) is 19.9 Å². The van der Waals surface area contributed by atoms with Gasteiger partial charge in [-0.05, 0) is 13.3 Å². The number of carboxylic acid groups (broad SMARTS) is 1. The smallest absolute Gasteiger partial charge is 0.290 e. The maximum atomic E-state index is 12.2. The Bertz CT molecular complexity index is 572. The van der Waals surface area contributed by atoms with E-state index < -0.39 is 6.04 Å². The summed E-state index contributed by atoms with van der Waals surface area (Å²) in [6.45, 7) is 8.34. The van der Waals surface area contributed by atoms with Gasteiger partial charge in [-0.15, -0.1) is 0 Å². The van der Waals surface area contributed by atoms with E-state index in [-0.39, 0.29) is 37.3 Å². The summed E-state index contributed by atoms with van der Waals surface area (Å²) >= 11 is 0. The van der Waals surface area contributed by atoms with Crippen LogP contribution < -0.4 is 0 Å². The average molecular weight is 340 g/mol. The molecule has 2 amide bonds. The van der Waals surface area contributed by atoms with Crippen molar-refractivity contribution >= 4 is 18.3 Å². The molecule has 0 aliphatic carbocycles. The van der Waals surface area contributed by atoms with Crippen molar-refractivity contribution in [1.29, 1.82) is 0 Å². The maximum absolute atomic E-state index is 12.2. The highest BCUT2D eigenvalue weighted by Gasteiger charge is 2.36. The molecule has 1 atom stereocenters. The quantitative estimate of drug-likeness (QED) is 0.790. The van der Waals surface area contributed by atoms with Crippen molar-refractivity contribution < 1.29 is 24.0 Å². The SMILES string of the molecule is CCCN1CC(=O)N(Cc2nc(C(C)C)no2)[C@@H](C)C1=O.O=CO. The number of carbonyl (C=O) groups excluding carboxylic acids is 2. The van der Waals surface area contributed by atoms with E-state index in [9.17, 15) is 9.59 Å². The van der Waals surface area contributed by atoms with E-state index in [0.717, 1.165) is 6.42 Å². The average Bonchev–Trinajstić information content (AvgIpc) is 2.99. The van der Waals surface area contributed by atoms with Crippen LogP contribution in [0.4, 0.5) is 0 Å². The minimum atomic E-state index is -0.493. The van der Waals surface area contributed by atoms with Gasteiger partial charge in [-0.25, -0.2) is 0 Å². The number of hydrogen-bond acceptors (Lipinski definition) is 6. The third-order valence-electron chi connectivity index (χ3n) is 3.58. The second-order valence-corrected chi connectivity index (χ2v) is 5.76. The summed E-state index contributed by atoms with van der Waals surface area (Å²) in [6, 6.07) is -0.493. The van der Waals surface area contributed by atoms with Gasteiger partial charge in [-0.3, -0.25) is 14.4 Å². The highest BCUT2D eigenvalue weighted by Crippen LogP contribution is 2.17. The first kappa shape index (κ1) is 19.6. The van der Waals surface area contributed by atoms with Crippen LogP contribution in [0.5, 0.6) is 0 Å². The largest absolute Gasteiger partial charge is 0.483 e. The molecule has 1 fully saturated rings. The van der Waals surface area contributed by atoms with Gasteiger partial charge in [-0.2, -0.15) is 4.98 Å². The fourth-order valence-corrected chi connectivity index (χ4v) is 2.34. The lowest BCUT2D eigenvalue weighted by Gasteiger charge is -2.37. The van der Waals surface area contributed by atoms with Crippen LogP contribution in [0.15, 0.2) is 4.52 Å². The minimum Gasteiger partial charge on any atom is -0.483 e. The Morgan fingerprint density at radius 1 is 1.42 bits per heavy atom. The molecule has 1 N–H and O–H groups in total. The lowest BCUT2D eigenvalue weighted by molar-refractivity contribution is -0.156. The highest BCUT2D eigenvalue weighted by atomic mass is 16.5. The van der Waals surface area contributed by atoms with Crippen molar-refractivity contribution in [2.45, 2.75) is 52.6 Å². The molecule has 2 heterocycles. The molecule has 1 saturated heterocycles. The molecule has 0 radical (unpaired) electrons. The number of carbonyl (C=O) groups is 3. The summed E-state index contributed by atoms with van der Waals surface area (Å²) in [5.74, 6) is 1.04. The molecule has 1 aromatic heterocycles. The van der Waals surface area contributed by atoms with Gasteiger partial charge in [0.05, 0.1) is 6.54 Å². The van der Waals surface area contributed by atoms with E-state index in [2.05, 4.69) is 10.1 Å². The first-order chi connectivity index (χ1) is 11.3. The van der Waals surface area contributed by atoms with Crippen LogP contribution in [0, 0.1) is 0 Å². The summed E-state index contributed by atoms with van der Waals surface area (Å²) < 4.78 is 5.16. The Labute approximate surface area is 140 Å². The Balaban J connectivity index is 0.000000891. The molecule has 134 valence electrons. The van der Waals surface area contributed by atoms with Gasteiger partial charge in [0.1, 0.15) is 12.6 Å². The van der Waals surface area contributed by atoms with Crippen LogP contribution in [-0.4, -0.2) is 62.5 Å². The third-order valence-corrected chi connectivity index (χ3v) is 3.58. The summed E-state index contributed by atoms with van der Waals surface area (Å²) in [7, 11) is 0. The van der Waals surface area contributed by atoms with Crippen LogP contribution >= 0.6 is 0 Å². The van der Waals surface area contributed by atoms with Crippen molar-refractivity contribution in [3.8, 4) is 0 Å². The summed E-state index contributed by atoms with van der Waals surface area (Å²) in [5, 5.41) is 10.8. The number of amides is 2. The number of aromatic nitrogens is 2. The predicted molar refractivity (Wildman–Crippen MR) is 84.0 cm³/mol. The molecule has 9 nitrogen and oxygen atoms in total. The normalized spacial score (nSPS) is 17.8. The second-order valence-electron chi connectivity index (χ2n) is 5.76. The molecular weight excluding hydrogens is 316 g/mol. The van der Waals surface area contributed by atoms with Crippen molar-refractivity contribution in [2.75, 3.05) is 13.1 Å². The Hall–Kier alpha value is -2.45. The van der Waals surface area contributed by atoms with E-state index in [1.807, 2.05) is 20.8 Å². The molecule has 1 aliphatic rings. The van der Waals surface area contributed by atoms with Gasteiger partial charge in [-0.1, -0.05) is 25.9 Å². The zero-order valence-corrected chi connectivity index (χ0v) is 14.4. The summed E-state index contributed by atoms with van der Waals surface area (Å²) in [6.07, 6.45) is 0.840. The second kappa shape index (κ2) is 8.99. The van der Waals surface area contributed by atoms with E-state index in [4.69, 9.17) is 14.4 Å². The fourth-order valence-electron chi connectivity index (χ4n) is 2.34. The van der Waals surface area contributed by atoms with Crippen LogP contribution in [0.2, 0.25) is 0 Å². The predicted octanol–water partition coefficient (Wildman–Crippen LogP) is 0.863. The number of piperazine rings is 1. The minimum absolute atomic E-state index is 0.0277. The molecule has 9 heteroatoms. The number of hydrogen-bond donors (Lipinski definition) is 1. The zero-order valence-electron chi connectivity index (χ0n) is 14.4. The van der Waals surface area contributed by atoms with E-state index in [0.29, 0.717) is 18.3 Å². The molecule has 0 saturated carbocycles. The maximum Gasteiger partial charge on any atom is 0.290 e. The van der Waals surface area contributed by atoms with Crippen molar-refractivity contribution in [3.63, 3.8) is 0 Å². The van der Waals surface area contributed by atoms with Gasteiger partial charge in [0.2, 0.25) is 17.7 Å². The van der Waals surface area contributed by atoms with E-state index in [1.54, 1.807) is 11.8 Å². The van der Waals surface area contributed by atoms with Gasteiger partial charge in [0.15, 0.2) is 5.82 Å². The molecule has 0 bridgehead atoms. The third kappa shape index (κ3) is 4.77. The monoisotopic (exact) mass is 340 g/mol. The summed E-state index contributed by atoms with van der Waals surface area (Å²) in [4.78, 5) is 40.2. The molecule has 0 unspecified atom stereocenters. The number of nitrogens with zero attached hydrogens (tertiary/aromatic N) is 4. The lowest BCUT2D eigenvalue weighted by atomic mass is 10.1. The molecular formula is C15H24N4O5. The molecule has 0 aromatic carbocycles. The highest BCUT2D eigenvalue weighted by molar-refractivity contribution is 5.94. The van der Waals surface area contributed by atoms with Crippen LogP contribution in [-0.2, 0) is 20.9 Å². The van der Waals surface area contributed by atoms with Gasteiger partial charge in [0.25, 0.3) is 6.47 Å². The van der Waals surface area contributed by atoms with E-state index in [1.165, 1.54) is 4.90 Å². The first-order valence-corrected chi connectivity index (χ1v) is 7.84. The topological polar surface area (TPSA) is 117 Å². The standard InChI is InChI=1S/C14H22N4O3.CH2O2/c1-5-6-17-8-12(19)18(10(4)14(17)20)7-11-15-13(9(2)3)16-21-11;2-1-3/h9-10H,5-8H2,1-4H3;1H,(H,2,3)/t10-;/m0./s1. The lowest BCUT2D eigenvalue weighted by Crippen LogP contribution is -2.58. The molecule has 2 rings (SSSR count). The van der Waals surface area contributed by atoms with Crippen LogP contribution in [0.3, 0.4) is 0 Å². The van der Waals surface area contributed by atoms with Gasteiger partial charge >= 0.3 is 0 Å². The Morgan fingerprint density at radius 3 is 2.54 bits per heavy atom.